The quantitative estimate of drug-likeness (QED) is 0.267. The molecule has 1 saturated heterocycles. The number of benzene rings is 2. The molecule has 7 rings (SSSR count). The van der Waals surface area contributed by atoms with Gasteiger partial charge in [0, 0.05) is 87.6 Å². The van der Waals surface area contributed by atoms with Gasteiger partial charge in [0.15, 0.2) is 6.29 Å². The van der Waals surface area contributed by atoms with Crippen molar-refractivity contribution in [3.63, 3.8) is 0 Å². The van der Waals surface area contributed by atoms with Gasteiger partial charge < -0.3 is 24.4 Å². The van der Waals surface area contributed by atoms with Crippen LogP contribution in [0.25, 0.3) is 0 Å². The zero-order chi connectivity index (χ0) is 41.0. The highest BCUT2D eigenvalue weighted by atomic mass is 35.5. The number of hydrogen-bond acceptors (Lipinski definition) is 10. The Balaban J connectivity index is 0.000000479. The fourth-order valence-corrected chi connectivity index (χ4v) is 11.5. The van der Waals surface area contributed by atoms with Crippen LogP contribution in [0.2, 0.25) is 5.02 Å². The smallest absolute Gasteiger partial charge is 0.264 e. The van der Waals surface area contributed by atoms with E-state index in [1.807, 2.05) is 25.1 Å². The van der Waals surface area contributed by atoms with E-state index in [0.717, 1.165) is 57.2 Å². The Morgan fingerprint density at radius 2 is 1.86 bits per heavy atom. The average Bonchev–Trinajstić information content (AvgIpc) is 3.32. The van der Waals surface area contributed by atoms with Gasteiger partial charge >= 0.3 is 0 Å². The number of carbonyl (C=O) groups excluding carboxylic acids is 2. The van der Waals surface area contributed by atoms with Crippen molar-refractivity contribution in [1.82, 2.24) is 14.9 Å². The number of nitrogens with zero attached hydrogens (tertiary/aromatic N) is 2. The summed E-state index contributed by atoms with van der Waals surface area (Å²) in [5.41, 5.74) is 2.33. The standard InChI is InChI=1S/C36H45ClN2O7S.C8H18N2/c1-24-6-4-16-36(22-40,45-3)30-11-8-27(30)20-39-21-35(15-5-7-25-18-28(37)10-12-29(25)35)23-46-32-13-9-26(19-31(32)39)34(41)38-47(42,43)33(24)14-17-44-2;1-8(2,3)10-6-4-9-5-7-10/h4,9-10,12-13,16,18-19,22,24,27,30,33H,5-8,11,14-15,17,20-21,23H2,1-3H3,(H,38,41);9H,4-7H2,1-3H3/b16-4+;/t24-,27-,30+,33+,35-,36-;/m0./s1. The molecular formula is C44H63ClN4O7S. The normalized spacial score (nSPS) is 30.9. The highest BCUT2D eigenvalue weighted by Crippen LogP contribution is 2.48. The van der Waals surface area contributed by atoms with E-state index in [4.69, 9.17) is 25.8 Å². The fourth-order valence-electron chi connectivity index (χ4n) is 9.64. The average molecular weight is 828 g/mol. The van der Waals surface area contributed by atoms with E-state index in [2.05, 4.69) is 52.7 Å². The maximum absolute atomic E-state index is 13.7. The lowest BCUT2D eigenvalue weighted by Gasteiger charge is -2.48. The van der Waals surface area contributed by atoms with Crippen molar-refractivity contribution in [3.8, 4) is 5.75 Å². The molecule has 2 aromatic rings. The Morgan fingerprint density at radius 3 is 2.51 bits per heavy atom. The predicted octanol–water partition coefficient (Wildman–Crippen LogP) is 6.17. The van der Waals surface area contributed by atoms with Gasteiger partial charge in [-0.3, -0.25) is 14.5 Å². The van der Waals surface area contributed by atoms with Crippen LogP contribution < -0.4 is 19.7 Å². The van der Waals surface area contributed by atoms with Crippen LogP contribution in [0.15, 0.2) is 48.6 Å². The number of nitrogens with one attached hydrogen (secondary N) is 2. The zero-order valence-electron chi connectivity index (χ0n) is 34.7. The van der Waals surface area contributed by atoms with Gasteiger partial charge in [0.25, 0.3) is 5.91 Å². The lowest BCUT2D eigenvalue weighted by molar-refractivity contribution is -0.135. The number of fused-ring (bicyclic) bond motifs is 4. The number of halogens is 1. The number of aldehydes is 1. The first-order valence-electron chi connectivity index (χ1n) is 20.7. The Hall–Kier alpha value is -3.00. The van der Waals surface area contributed by atoms with Crippen molar-refractivity contribution in [2.45, 2.75) is 94.4 Å². The Bertz CT molecular complexity index is 1880. The second kappa shape index (κ2) is 18.1. The SMILES string of the molecule is CC(C)(C)N1CCNCC1.COCC[C@@H]1[C@@H](C)C/C=C/[C@@](C=O)(OC)[C@@H]2CC[C@H]2CN2C[C@@]3(CCCc4cc(Cl)ccc43)COc3ccc(cc32)C(=O)NS1(=O)=O. The summed E-state index contributed by atoms with van der Waals surface area (Å²) < 4.78 is 47.6. The molecule has 6 atom stereocenters. The van der Waals surface area contributed by atoms with Gasteiger partial charge in [-0.25, -0.2) is 13.1 Å². The van der Waals surface area contributed by atoms with Gasteiger partial charge in [-0.2, -0.15) is 0 Å². The van der Waals surface area contributed by atoms with E-state index < -0.39 is 26.8 Å². The van der Waals surface area contributed by atoms with Crippen LogP contribution in [-0.4, -0.2) is 109 Å². The number of ether oxygens (including phenoxy) is 3. The van der Waals surface area contributed by atoms with Crippen molar-refractivity contribution >= 4 is 39.5 Å². The first-order chi connectivity index (χ1) is 27.1. The van der Waals surface area contributed by atoms with Crippen molar-refractivity contribution in [1.29, 1.82) is 0 Å². The maximum Gasteiger partial charge on any atom is 0.264 e. The number of amides is 1. The van der Waals surface area contributed by atoms with Crippen molar-refractivity contribution < 1.29 is 32.2 Å². The number of methoxy groups -OCH3 is 2. The third-order valence-corrected chi connectivity index (χ3v) is 15.3. The Labute approximate surface area is 345 Å². The van der Waals surface area contributed by atoms with E-state index >= 15 is 0 Å². The van der Waals surface area contributed by atoms with Crippen molar-refractivity contribution in [2.24, 2.45) is 17.8 Å². The predicted molar refractivity (Wildman–Crippen MR) is 226 cm³/mol. The van der Waals surface area contributed by atoms with Gasteiger partial charge in [-0.15, -0.1) is 0 Å². The summed E-state index contributed by atoms with van der Waals surface area (Å²) in [4.78, 5) is 31.3. The molecule has 11 nitrogen and oxygen atoms in total. The largest absolute Gasteiger partial charge is 0.490 e. The molecule has 0 aromatic heterocycles. The van der Waals surface area contributed by atoms with E-state index in [0.29, 0.717) is 42.4 Å². The Kier molecular flexibility index (Phi) is 13.8. The zero-order valence-corrected chi connectivity index (χ0v) is 36.2. The molecule has 5 aliphatic rings. The second-order valence-corrected chi connectivity index (χ2v) is 20.1. The molecule has 2 bridgehead atoms. The summed E-state index contributed by atoms with van der Waals surface area (Å²) in [6.07, 6.45) is 9.78. The first-order valence-corrected chi connectivity index (χ1v) is 22.6. The van der Waals surface area contributed by atoms with Crippen molar-refractivity contribution in [2.75, 3.05) is 71.6 Å². The summed E-state index contributed by atoms with van der Waals surface area (Å²) in [5.74, 6) is -0.330. The van der Waals surface area contributed by atoms with Crippen LogP contribution in [-0.2, 0) is 36.1 Å². The molecule has 314 valence electrons. The molecule has 3 heterocycles. The minimum Gasteiger partial charge on any atom is -0.490 e. The number of rotatable bonds is 5. The van der Waals surface area contributed by atoms with Gasteiger partial charge in [-0.05, 0) is 125 Å². The van der Waals surface area contributed by atoms with Crippen LogP contribution in [0.4, 0.5) is 5.69 Å². The topological polar surface area (TPSA) is 127 Å². The highest BCUT2D eigenvalue weighted by molar-refractivity contribution is 7.90. The molecule has 0 radical (unpaired) electrons. The number of carbonyl (C=O) groups is 2. The van der Waals surface area contributed by atoms with Crippen LogP contribution in [0, 0.1) is 17.8 Å². The molecule has 2 aromatic carbocycles. The van der Waals surface area contributed by atoms with E-state index in [9.17, 15) is 18.0 Å². The van der Waals surface area contributed by atoms with Gasteiger partial charge in [-0.1, -0.05) is 30.7 Å². The minimum atomic E-state index is -4.09. The van der Waals surface area contributed by atoms with Gasteiger partial charge in [0.05, 0.1) is 17.5 Å². The monoisotopic (exact) mass is 826 g/mol. The number of sulfonamides is 1. The Morgan fingerprint density at radius 1 is 1.09 bits per heavy atom. The van der Waals surface area contributed by atoms with Gasteiger partial charge in [0.1, 0.15) is 11.4 Å². The molecule has 2 N–H and O–H groups in total. The summed E-state index contributed by atoms with van der Waals surface area (Å²) in [5, 5.41) is 3.16. The van der Waals surface area contributed by atoms with Crippen LogP contribution in [0.3, 0.4) is 0 Å². The number of aryl methyl sites for hydroxylation is 1. The van der Waals surface area contributed by atoms with E-state index in [-0.39, 0.29) is 41.8 Å². The molecule has 1 saturated carbocycles. The van der Waals surface area contributed by atoms with Crippen LogP contribution in [0.1, 0.15) is 87.7 Å². The molecule has 1 spiro atoms. The molecular weight excluding hydrogens is 764 g/mol. The second-order valence-electron chi connectivity index (χ2n) is 17.7. The maximum atomic E-state index is 13.7. The number of piperazine rings is 1. The van der Waals surface area contributed by atoms with Gasteiger partial charge in [0.2, 0.25) is 10.0 Å². The molecule has 13 heteroatoms. The summed E-state index contributed by atoms with van der Waals surface area (Å²) in [6.45, 7) is 15.3. The molecule has 3 aliphatic heterocycles. The number of anilines is 1. The highest BCUT2D eigenvalue weighted by Gasteiger charge is 2.49. The number of allylic oxidation sites excluding steroid dienone is 1. The van der Waals surface area contributed by atoms with Crippen LogP contribution >= 0.6 is 11.6 Å². The number of hydrogen-bond donors (Lipinski definition) is 2. The van der Waals surface area contributed by atoms with E-state index in [1.165, 1.54) is 31.3 Å². The molecule has 1 amide bonds. The molecule has 2 aliphatic carbocycles. The first kappa shape index (κ1) is 43.6. The summed E-state index contributed by atoms with van der Waals surface area (Å²) in [7, 11) is -1.00. The van der Waals surface area contributed by atoms with Crippen molar-refractivity contribution in [3.05, 3.63) is 70.3 Å². The third-order valence-electron chi connectivity index (χ3n) is 13.1. The summed E-state index contributed by atoms with van der Waals surface area (Å²) >= 11 is 6.42. The molecule has 57 heavy (non-hydrogen) atoms. The third kappa shape index (κ3) is 9.57. The lowest BCUT2D eigenvalue weighted by Crippen LogP contribution is -2.53. The van der Waals surface area contributed by atoms with E-state index in [1.54, 1.807) is 25.3 Å². The molecule has 0 unspecified atom stereocenters. The lowest BCUT2D eigenvalue weighted by atomic mass is 9.64. The minimum absolute atomic E-state index is 0.0648. The summed E-state index contributed by atoms with van der Waals surface area (Å²) in [6, 6.07) is 11.3. The fraction of sp³-hybridized carbons (Fsp3) is 0.636. The molecule has 2 fully saturated rings. The van der Waals surface area contributed by atoms with Crippen LogP contribution in [0.5, 0.6) is 5.75 Å².